The van der Waals surface area contributed by atoms with E-state index < -0.39 is 18.0 Å². The molecule has 31 heavy (non-hydrogen) atoms. The monoisotopic (exact) mass is 428 g/mol. The number of ether oxygens (including phenoxy) is 1. The van der Waals surface area contributed by atoms with Crippen LogP contribution >= 0.6 is 0 Å². The molecular formula is C23H29FN4O3. The van der Waals surface area contributed by atoms with E-state index in [1.807, 2.05) is 19.9 Å². The Kier molecular flexibility index (Phi) is 6.31. The summed E-state index contributed by atoms with van der Waals surface area (Å²) < 4.78 is 20.2. The molecule has 1 amide bonds. The molecule has 2 aromatic heterocycles. The molecule has 0 aliphatic carbocycles. The fourth-order valence-corrected chi connectivity index (χ4v) is 3.10. The highest BCUT2D eigenvalue weighted by Crippen LogP contribution is 2.31. The van der Waals surface area contributed by atoms with Crippen LogP contribution in [0.1, 0.15) is 57.9 Å². The second kappa shape index (κ2) is 8.63. The molecule has 3 rings (SSSR count). The molecule has 3 aromatic rings. The van der Waals surface area contributed by atoms with E-state index in [1.54, 1.807) is 49.7 Å². The quantitative estimate of drug-likeness (QED) is 0.587. The van der Waals surface area contributed by atoms with Crippen molar-refractivity contribution >= 4 is 16.9 Å². The molecule has 8 heteroatoms. The van der Waals surface area contributed by atoms with Gasteiger partial charge in [0.25, 0.3) is 5.91 Å². The minimum Gasteiger partial charge on any atom is -0.461 e. The van der Waals surface area contributed by atoms with Crippen molar-refractivity contribution in [3.05, 3.63) is 42.1 Å². The Bertz CT molecular complexity index is 1090. The van der Waals surface area contributed by atoms with Crippen molar-refractivity contribution < 1.29 is 19.0 Å². The number of rotatable bonds is 7. The number of hydrogen-bond acceptors (Lipinski definition) is 5. The topological polar surface area (TPSA) is 89.3 Å². The van der Waals surface area contributed by atoms with E-state index in [4.69, 9.17) is 9.84 Å². The Morgan fingerprint density at radius 1 is 1.23 bits per heavy atom. The zero-order valence-corrected chi connectivity index (χ0v) is 18.7. The fraction of sp³-hybridized carbons (Fsp3) is 0.435. The van der Waals surface area contributed by atoms with Crippen LogP contribution in [0.2, 0.25) is 0 Å². The van der Waals surface area contributed by atoms with E-state index in [1.165, 1.54) is 13.1 Å². The van der Waals surface area contributed by atoms with Gasteiger partial charge in [0.15, 0.2) is 0 Å². The molecule has 0 saturated heterocycles. The van der Waals surface area contributed by atoms with Crippen LogP contribution in [0.15, 0.2) is 36.5 Å². The molecule has 0 aliphatic rings. The molecule has 166 valence electrons. The maximum absolute atomic E-state index is 13.3. The third-order valence-corrected chi connectivity index (χ3v) is 5.18. The molecule has 1 unspecified atom stereocenters. The molecule has 1 aromatic carbocycles. The molecule has 0 spiro atoms. The lowest BCUT2D eigenvalue weighted by molar-refractivity contribution is 0.0709. The van der Waals surface area contributed by atoms with E-state index in [0.717, 1.165) is 5.56 Å². The van der Waals surface area contributed by atoms with Crippen LogP contribution in [-0.4, -0.2) is 43.8 Å². The largest absolute Gasteiger partial charge is 0.461 e. The van der Waals surface area contributed by atoms with Crippen LogP contribution < -0.4 is 10.1 Å². The van der Waals surface area contributed by atoms with Gasteiger partial charge in [-0.2, -0.15) is 5.10 Å². The van der Waals surface area contributed by atoms with Crippen LogP contribution in [0.4, 0.5) is 4.39 Å². The van der Waals surface area contributed by atoms with Gasteiger partial charge in [0.1, 0.15) is 17.0 Å². The summed E-state index contributed by atoms with van der Waals surface area (Å²) in [5.74, 6) is 0.0711. The molecule has 0 radical (unpaired) electrons. The predicted molar refractivity (Wildman–Crippen MR) is 118 cm³/mol. The number of aromatic nitrogens is 3. The van der Waals surface area contributed by atoms with Gasteiger partial charge in [-0.25, -0.2) is 4.39 Å². The number of benzene rings is 1. The zero-order chi connectivity index (χ0) is 22.9. The number of carbonyl (C=O) groups is 1. The van der Waals surface area contributed by atoms with Crippen molar-refractivity contribution in [3.8, 4) is 17.0 Å². The summed E-state index contributed by atoms with van der Waals surface area (Å²) in [5, 5.41) is 17.4. The lowest BCUT2D eigenvalue weighted by atomic mass is 9.98. The fourth-order valence-electron chi connectivity index (χ4n) is 3.10. The number of halogens is 1. The average Bonchev–Trinajstić information content (AvgIpc) is 3.06. The van der Waals surface area contributed by atoms with Gasteiger partial charge >= 0.3 is 0 Å². The molecule has 2 atom stereocenters. The van der Waals surface area contributed by atoms with Crippen LogP contribution in [0.25, 0.3) is 22.3 Å². The predicted octanol–water partition coefficient (Wildman–Crippen LogP) is 4.26. The molecule has 0 aliphatic heterocycles. The maximum atomic E-state index is 13.3. The second-order valence-electron chi connectivity index (χ2n) is 8.52. The highest BCUT2D eigenvalue weighted by atomic mass is 19.1. The first kappa shape index (κ1) is 22.7. The highest BCUT2D eigenvalue weighted by Gasteiger charge is 2.27. The molecule has 0 fully saturated rings. The first-order valence-corrected chi connectivity index (χ1v) is 10.3. The number of aliphatic hydroxyl groups excluding tert-OH is 1. The Hall–Kier alpha value is -3.00. The van der Waals surface area contributed by atoms with Crippen LogP contribution in [-0.2, 0) is 0 Å². The third-order valence-electron chi connectivity index (χ3n) is 5.18. The number of pyridine rings is 1. The SMILES string of the molecule is CC(F)Oc1cccc(-c2nn(C(C)C)c3cc(C(=O)NC(C)(C)[C@H](C)O)cnc23)c1. The number of hydrogen-bond donors (Lipinski definition) is 2. The van der Waals surface area contributed by atoms with Gasteiger partial charge in [0.05, 0.1) is 22.7 Å². The number of aliphatic hydroxyl groups is 1. The Balaban J connectivity index is 2.06. The van der Waals surface area contributed by atoms with E-state index in [9.17, 15) is 14.3 Å². The molecule has 0 bridgehead atoms. The Morgan fingerprint density at radius 2 is 1.94 bits per heavy atom. The van der Waals surface area contributed by atoms with Crippen molar-refractivity contribution in [2.75, 3.05) is 0 Å². The van der Waals surface area contributed by atoms with Crippen molar-refractivity contribution in [3.63, 3.8) is 0 Å². The number of nitrogens with zero attached hydrogens (tertiary/aromatic N) is 3. The summed E-state index contributed by atoms with van der Waals surface area (Å²) >= 11 is 0. The van der Waals surface area contributed by atoms with Crippen molar-refractivity contribution in [2.24, 2.45) is 0 Å². The number of amides is 1. The first-order chi connectivity index (χ1) is 14.5. The van der Waals surface area contributed by atoms with Gasteiger partial charge in [0.2, 0.25) is 6.36 Å². The summed E-state index contributed by atoms with van der Waals surface area (Å²) in [6.45, 7) is 10.4. The third kappa shape index (κ3) is 4.85. The average molecular weight is 429 g/mol. The van der Waals surface area contributed by atoms with Crippen molar-refractivity contribution in [1.29, 1.82) is 0 Å². The lowest BCUT2D eigenvalue weighted by Crippen LogP contribution is -2.51. The molecular weight excluding hydrogens is 399 g/mol. The van der Waals surface area contributed by atoms with E-state index >= 15 is 0 Å². The maximum Gasteiger partial charge on any atom is 0.253 e. The van der Waals surface area contributed by atoms with Crippen LogP contribution in [0.3, 0.4) is 0 Å². The summed E-state index contributed by atoms with van der Waals surface area (Å²) in [7, 11) is 0. The van der Waals surface area contributed by atoms with Gasteiger partial charge < -0.3 is 15.2 Å². The van der Waals surface area contributed by atoms with Crippen LogP contribution in [0, 0.1) is 0 Å². The molecule has 0 saturated carbocycles. The van der Waals surface area contributed by atoms with E-state index in [-0.39, 0.29) is 11.9 Å². The summed E-state index contributed by atoms with van der Waals surface area (Å²) in [6.07, 6.45) is -0.650. The van der Waals surface area contributed by atoms with E-state index in [2.05, 4.69) is 10.3 Å². The smallest absolute Gasteiger partial charge is 0.253 e. The summed E-state index contributed by atoms with van der Waals surface area (Å²) in [5.41, 5.74) is 2.28. The molecule has 2 N–H and O–H groups in total. The van der Waals surface area contributed by atoms with Crippen molar-refractivity contribution in [2.45, 2.75) is 65.6 Å². The number of nitrogens with one attached hydrogen (secondary N) is 1. The van der Waals surface area contributed by atoms with Gasteiger partial charge in [-0.05, 0) is 52.8 Å². The minimum atomic E-state index is -1.43. The molecule has 2 heterocycles. The van der Waals surface area contributed by atoms with Gasteiger partial charge in [-0.3, -0.25) is 14.5 Å². The van der Waals surface area contributed by atoms with Crippen LogP contribution in [0.5, 0.6) is 5.75 Å². The van der Waals surface area contributed by atoms with Crippen molar-refractivity contribution in [1.82, 2.24) is 20.1 Å². The summed E-state index contributed by atoms with van der Waals surface area (Å²) in [6, 6.07) is 8.80. The molecule has 7 nitrogen and oxygen atoms in total. The Labute approximate surface area is 181 Å². The minimum absolute atomic E-state index is 0.0237. The lowest BCUT2D eigenvalue weighted by Gasteiger charge is -2.29. The van der Waals surface area contributed by atoms with E-state index in [0.29, 0.717) is 28.0 Å². The second-order valence-corrected chi connectivity index (χ2v) is 8.52. The number of alkyl halides is 1. The normalized spacial score (nSPS) is 14.0. The standard InChI is InChI=1S/C23H29FN4O3/c1-13(2)28-19-11-17(22(30)26-23(5,6)14(3)29)12-25-21(19)20(27-28)16-8-7-9-18(10-16)31-15(4)24/h7-15,29H,1-6H3,(H,26,30)/t14-,15?/m0/s1. The summed E-state index contributed by atoms with van der Waals surface area (Å²) in [4.78, 5) is 17.3. The number of fused-ring (bicyclic) bond motifs is 1. The zero-order valence-electron chi connectivity index (χ0n) is 18.7. The number of carbonyl (C=O) groups excluding carboxylic acids is 1. The van der Waals surface area contributed by atoms with Gasteiger partial charge in [-0.1, -0.05) is 12.1 Å². The highest BCUT2D eigenvalue weighted by molar-refractivity contribution is 5.99. The van der Waals surface area contributed by atoms with Gasteiger partial charge in [0, 0.05) is 24.7 Å². The first-order valence-electron chi connectivity index (χ1n) is 10.3. The van der Waals surface area contributed by atoms with Gasteiger partial charge in [-0.15, -0.1) is 0 Å². The Morgan fingerprint density at radius 3 is 2.55 bits per heavy atom.